The number of fused-ring (bicyclic) bond motifs is 2. The van der Waals surface area contributed by atoms with Gasteiger partial charge in [0, 0.05) is 18.0 Å². The maximum absolute atomic E-state index is 13.9. The van der Waals surface area contributed by atoms with E-state index in [1.807, 2.05) is 68.4 Å². The SMILES string of the molecule is Cc1ccccc1-n1c(Cn2nc(-c3cccnc3)c3c(N)ncnc32)nc2cccc(C)c2c1=O. The summed E-state index contributed by atoms with van der Waals surface area (Å²) >= 11 is 0. The van der Waals surface area contributed by atoms with Gasteiger partial charge in [-0.1, -0.05) is 30.3 Å². The summed E-state index contributed by atoms with van der Waals surface area (Å²) in [6, 6.07) is 17.2. The molecule has 6 aromatic rings. The maximum atomic E-state index is 13.9. The van der Waals surface area contributed by atoms with Gasteiger partial charge in [-0.05, 0) is 49.2 Å². The average molecular weight is 475 g/mol. The first-order valence-electron chi connectivity index (χ1n) is 11.5. The van der Waals surface area contributed by atoms with Crippen LogP contribution in [0.5, 0.6) is 0 Å². The van der Waals surface area contributed by atoms with Gasteiger partial charge in [0.15, 0.2) is 5.65 Å². The van der Waals surface area contributed by atoms with Crippen molar-refractivity contribution < 1.29 is 0 Å². The zero-order valence-electron chi connectivity index (χ0n) is 19.8. The van der Waals surface area contributed by atoms with Gasteiger partial charge in [-0.3, -0.25) is 14.3 Å². The van der Waals surface area contributed by atoms with Gasteiger partial charge in [-0.15, -0.1) is 0 Å². The molecule has 4 aromatic heterocycles. The fraction of sp³-hybridized carbons (Fsp3) is 0.111. The number of pyridine rings is 1. The number of nitrogen functional groups attached to an aromatic ring is 1. The van der Waals surface area contributed by atoms with Crippen LogP contribution in [0.1, 0.15) is 17.0 Å². The number of para-hydroxylation sites is 1. The number of benzene rings is 2. The third-order valence-electron chi connectivity index (χ3n) is 6.32. The third kappa shape index (κ3) is 3.40. The molecule has 0 unspecified atom stereocenters. The molecule has 36 heavy (non-hydrogen) atoms. The van der Waals surface area contributed by atoms with Crippen LogP contribution >= 0.6 is 0 Å². The zero-order chi connectivity index (χ0) is 24.8. The van der Waals surface area contributed by atoms with E-state index in [-0.39, 0.29) is 12.1 Å². The van der Waals surface area contributed by atoms with Crippen LogP contribution in [-0.4, -0.2) is 34.3 Å². The maximum Gasteiger partial charge on any atom is 0.266 e. The molecule has 9 heteroatoms. The van der Waals surface area contributed by atoms with Gasteiger partial charge in [-0.25, -0.2) is 19.6 Å². The molecule has 9 nitrogen and oxygen atoms in total. The normalized spacial score (nSPS) is 11.4. The molecule has 0 aliphatic rings. The van der Waals surface area contributed by atoms with Crippen molar-refractivity contribution in [1.82, 2.24) is 34.3 Å². The molecule has 0 aliphatic carbocycles. The molecule has 0 saturated carbocycles. The Morgan fingerprint density at radius 3 is 2.56 bits per heavy atom. The van der Waals surface area contributed by atoms with Crippen LogP contribution in [0.25, 0.3) is 38.9 Å². The summed E-state index contributed by atoms with van der Waals surface area (Å²) in [7, 11) is 0. The van der Waals surface area contributed by atoms with Crippen LogP contribution in [0.4, 0.5) is 5.82 Å². The number of hydrogen-bond donors (Lipinski definition) is 1. The van der Waals surface area contributed by atoms with Gasteiger partial charge in [-0.2, -0.15) is 5.10 Å². The molecule has 2 aromatic carbocycles. The van der Waals surface area contributed by atoms with E-state index in [0.29, 0.717) is 39.3 Å². The summed E-state index contributed by atoms with van der Waals surface area (Å²) in [5.74, 6) is 0.857. The van der Waals surface area contributed by atoms with Crippen molar-refractivity contribution in [3.63, 3.8) is 0 Å². The van der Waals surface area contributed by atoms with Crippen molar-refractivity contribution in [3.05, 3.63) is 101 Å². The first-order chi connectivity index (χ1) is 17.5. The van der Waals surface area contributed by atoms with Gasteiger partial charge < -0.3 is 5.73 Å². The van der Waals surface area contributed by atoms with Crippen LogP contribution in [0.3, 0.4) is 0 Å². The highest BCUT2D eigenvalue weighted by Crippen LogP contribution is 2.30. The number of anilines is 1. The third-order valence-corrected chi connectivity index (χ3v) is 6.32. The van der Waals surface area contributed by atoms with E-state index >= 15 is 0 Å². The zero-order valence-corrected chi connectivity index (χ0v) is 19.8. The lowest BCUT2D eigenvalue weighted by Gasteiger charge is -2.16. The molecular formula is C27H22N8O. The van der Waals surface area contributed by atoms with E-state index in [2.05, 4.69) is 15.0 Å². The summed E-state index contributed by atoms with van der Waals surface area (Å²) in [5.41, 5.74) is 11.4. The van der Waals surface area contributed by atoms with Crippen molar-refractivity contribution in [3.8, 4) is 16.9 Å². The van der Waals surface area contributed by atoms with Gasteiger partial charge >= 0.3 is 0 Å². The number of rotatable bonds is 4. The second-order valence-electron chi connectivity index (χ2n) is 8.63. The largest absolute Gasteiger partial charge is 0.383 e. The quantitative estimate of drug-likeness (QED) is 0.412. The number of nitrogens with zero attached hydrogens (tertiary/aromatic N) is 7. The molecular weight excluding hydrogens is 452 g/mol. The van der Waals surface area contributed by atoms with Gasteiger partial charge in [0.25, 0.3) is 5.56 Å². The number of aryl methyl sites for hydroxylation is 2. The first-order valence-corrected chi connectivity index (χ1v) is 11.5. The minimum absolute atomic E-state index is 0.125. The fourth-order valence-electron chi connectivity index (χ4n) is 4.59. The highest BCUT2D eigenvalue weighted by atomic mass is 16.1. The monoisotopic (exact) mass is 474 g/mol. The van der Waals surface area contributed by atoms with E-state index in [1.165, 1.54) is 6.33 Å². The number of nitrogens with two attached hydrogens (primary N) is 1. The second-order valence-corrected chi connectivity index (χ2v) is 8.63. The summed E-state index contributed by atoms with van der Waals surface area (Å²) < 4.78 is 3.39. The minimum atomic E-state index is -0.125. The lowest BCUT2D eigenvalue weighted by molar-refractivity contribution is 0.650. The standard InChI is InChI=1S/C27H22N8O/c1-16-7-3-4-11-20(16)35-21(32-19-10-5-8-17(2)22(19)27(35)36)14-34-26-23(25(28)30-15-31-26)24(33-34)18-9-6-12-29-13-18/h3-13,15H,14H2,1-2H3,(H2,28,30,31). The average Bonchev–Trinajstić information content (AvgIpc) is 3.25. The molecule has 0 bridgehead atoms. The van der Waals surface area contributed by atoms with Crippen molar-refractivity contribution in [2.45, 2.75) is 20.4 Å². The molecule has 2 N–H and O–H groups in total. The summed E-state index contributed by atoms with van der Waals surface area (Å²) in [4.78, 5) is 31.7. The van der Waals surface area contributed by atoms with Crippen LogP contribution in [0.15, 0.2) is 78.1 Å². The van der Waals surface area contributed by atoms with Crippen molar-refractivity contribution in [2.24, 2.45) is 0 Å². The van der Waals surface area contributed by atoms with Crippen LogP contribution < -0.4 is 11.3 Å². The van der Waals surface area contributed by atoms with E-state index in [4.69, 9.17) is 15.8 Å². The first kappa shape index (κ1) is 21.6. The predicted molar refractivity (Wildman–Crippen MR) is 139 cm³/mol. The molecule has 4 heterocycles. The molecule has 0 fully saturated rings. The molecule has 0 saturated heterocycles. The number of hydrogen-bond acceptors (Lipinski definition) is 7. The summed E-state index contributed by atoms with van der Waals surface area (Å²) in [5, 5.41) is 6.07. The molecule has 0 radical (unpaired) electrons. The Bertz CT molecular complexity index is 1820. The van der Waals surface area contributed by atoms with Gasteiger partial charge in [0.2, 0.25) is 0 Å². The van der Waals surface area contributed by atoms with E-state index in [0.717, 1.165) is 22.4 Å². The van der Waals surface area contributed by atoms with Gasteiger partial charge in [0.1, 0.15) is 30.2 Å². The Kier molecular flexibility index (Phi) is 5.03. The number of aromatic nitrogens is 7. The summed E-state index contributed by atoms with van der Waals surface area (Å²) in [6.45, 7) is 4.10. The minimum Gasteiger partial charge on any atom is -0.383 e. The van der Waals surface area contributed by atoms with Crippen LogP contribution in [0, 0.1) is 13.8 Å². The second kappa shape index (κ2) is 8.38. The predicted octanol–water partition coefficient (Wildman–Crippen LogP) is 3.83. The Labute approximate surface area is 205 Å². The molecule has 176 valence electrons. The highest BCUT2D eigenvalue weighted by molar-refractivity contribution is 5.98. The van der Waals surface area contributed by atoms with Crippen molar-refractivity contribution in [2.75, 3.05) is 5.73 Å². The lowest BCUT2D eigenvalue weighted by Crippen LogP contribution is -2.26. The van der Waals surface area contributed by atoms with Crippen molar-refractivity contribution in [1.29, 1.82) is 0 Å². The molecule has 0 amide bonds. The molecule has 0 spiro atoms. The smallest absolute Gasteiger partial charge is 0.266 e. The Morgan fingerprint density at radius 2 is 1.75 bits per heavy atom. The molecule has 0 aliphatic heterocycles. The topological polar surface area (TPSA) is 117 Å². The van der Waals surface area contributed by atoms with Crippen LogP contribution in [0.2, 0.25) is 0 Å². The van der Waals surface area contributed by atoms with Gasteiger partial charge in [0.05, 0.1) is 22.0 Å². The fourth-order valence-corrected chi connectivity index (χ4v) is 4.59. The summed E-state index contributed by atoms with van der Waals surface area (Å²) in [6.07, 6.45) is 4.83. The van der Waals surface area contributed by atoms with Crippen LogP contribution in [-0.2, 0) is 6.54 Å². The van der Waals surface area contributed by atoms with E-state index in [1.54, 1.807) is 21.6 Å². The van der Waals surface area contributed by atoms with E-state index in [9.17, 15) is 4.79 Å². The molecule has 0 atom stereocenters. The lowest BCUT2D eigenvalue weighted by atomic mass is 10.1. The Morgan fingerprint density at radius 1 is 0.917 bits per heavy atom. The van der Waals surface area contributed by atoms with Crippen molar-refractivity contribution >= 4 is 27.8 Å². The highest BCUT2D eigenvalue weighted by Gasteiger charge is 2.21. The Hall–Kier alpha value is -4.92. The Balaban J connectivity index is 1.63. The molecule has 6 rings (SSSR count). The van der Waals surface area contributed by atoms with E-state index < -0.39 is 0 Å².